The number of ketones is 1. The summed E-state index contributed by atoms with van der Waals surface area (Å²) in [4.78, 5) is 13.5. The predicted molar refractivity (Wildman–Crippen MR) is 71.8 cm³/mol. The van der Waals surface area contributed by atoms with Crippen molar-refractivity contribution in [2.75, 3.05) is 13.1 Å². The third kappa shape index (κ3) is 4.53. The number of hydrogen-bond acceptors (Lipinski definition) is 2. The van der Waals surface area contributed by atoms with Gasteiger partial charge in [-0.25, -0.2) is 0 Å². The maximum Gasteiger partial charge on any atom is 0.169 e. The summed E-state index contributed by atoms with van der Waals surface area (Å²) in [7, 11) is 0. The van der Waals surface area contributed by atoms with E-state index in [4.69, 9.17) is 0 Å². The molecule has 0 aromatic heterocycles. The van der Waals surface area contributed by atoms with Crippen LogP contribution in [-0.2, 0) is 11.3 Å². The second kappa shape index (κ2) is 7.02. The van der Waals surface area contributed by atoms with E-state index in [1.54, 1.807) is 6.08 Å². The molecule has 0 spiro atoms. The van der Waals surface area contributed by atoms with E-state index in [1.165, 1.54) is 5.56 Å². The fraction of sp³-hybridized carbons (Fsp3) is 0.400. The standard InChI is InChI=1S/C13H15NO.C2H6/c1-11-7-13(15)10-14(8-11)9-12-5-3-2-4-6-12;1-2/h2-7H,8-10H2,1H3;1-2H3. The van der Waals surface area contributed by atoms with Crippen LogP contribution < -0.4 is 0 Å². The zero-order valence-electron chi connectivity index (χ0n) is 10.9. The van der Waals surface area contributed by atoms with Gasteiger partial charge < -0.3 is 0 Å². The topological polar surface area (TPSA) is 20.3 Å². The van der Waals surface area contributed by atoms with Gasteiger partial charge in [0.05, 0.1) is 6.54 Å². The van der Waals surface area contributed by atoms with Crippen LogP contribution in [0.2, 0.25) is 0 Å². The average Bonchev–Trinajstić information content (AvgIpc) is 2.31. The van der Waals surface area contributed by atoms with E-state index >= 15 is 0 Å². The molecule has 2 heteroatoms. The van der Waals surface area contributed by atoms with Gasteiger partial charge in [-0.1, -0.05) is 49.8 Å². The summed E-state index contributed by atoms with van der Waals surface area (Å²) in [6.07, 6.45) is 1.75. The lowest BCUT2D eigenvalue weighted by Crippen LogP contribution is -2.33. The molecule has 2 rings (SSSR count). The second-order valence-electron chi connectivity index (χ2n) is 4.09. The molecule has 92 valence electrons. The van der Waals surface area contributed by atoms with Crippen LogP contribution in [0.25, 0.3) is 0 Å². The zero-order valence-corrected chi connectivity index (χ0v) is 10.9. The molecule has 1 aliphatic heterocycles. The maximum absolute atomic E-state index is 11.4. The van der Waals surface area contributed by atoms with Crippen LogP contribution in [0.4, 0.5) is 0 Å². The normalized spacial score (nSPS) is 15.9. The molecular weight excluding hydrogens is 210 g/mol. The summed E-state index contributed by atoms with van der Waals surface area (Å²) in [5.41, 5.74) is 2.42. The highest BCUT2D eigenvalue weighted by Gasteiger charge is 2.15. The van der Waals surface area contributed by atoms with Gasteiger partial charge in [0, 0.05) is 13.1 Å². The van der Waals surface area contributed by atoms with Crippen LogP contribution >= 0.6 is 0 Å². The molecule has 0 saturated heterocycles. The van der Waals surface area contributed by atoms with Crippen LogP contribution in [0.3, 0.4) is 0 Å². The van der Waals surface area contributed by atoms with Crippen molar-refractivity contribution < 1.29 is 4.79 Å². The highest BCUT2D eigenvalue weighted by Crippen LogP contribution is 2.10. The number of carbonyl (C=O) groups is 1. The molecule has 0 atom stereocenters. The summed E-state index contributed by atoms with van der Waals surface area (Å²) in [5.74, 6) is 0.217. The predicted octanol–water partition coefficient (Wildman–Crippen LogP) is 3.04. The Bertz CT molecular complexity index is 381. The highest BCUT2D eigenvalue weighted by atomic mass is 16.1. The van der Waals surface area contributed by atoms with Gasteiger partial charge in [0.2, 0.25) is 0 Å². The van der Waals surface area contributed by atoms with Gasteiger partial charge in [-0.05, 0) is 18.6 Å². The molecule has 0 aliphatic carbocycles. The van der Waals surface area contributed by atoms with Crippen LogP contribution in [0, 0.1) is 0 Å². The first-order chi connectivity index (χ1) is 8.24. The van der Waals surface area contributed by atoms with E-state index in [-0.39, 0.29) is 5.78 Å². The fourth-order valence-electron chi connectivity index (χ4n) is 1.95. The average molecular weight is 231 g/mol. The first kappa shape index (κ1) is 13.7. The van der Waals surface area contributed by atoms with Gasteiger partial charge in [-0.15, -0.1) is 0 Å². The van der Waals surface area contributed by atoms with Gasteiger partial charge in [0.25, 0.3) is 0 Å². The summed E-state index contributed by atoms with van der Waals surface area (Å²) >= 11 is 0. The Morgan fingerprint density at radius 1 is 1.12 bits per heavy atom. The van der Waals surface area contributed by atoms with Crippen LogP contribution in [0.15, 0.2) is 42.0 Å². The Balaban J connectivity index is 0.000000686. The van der Waals surface area contributed by atoms with E-state index < -0.39 is 0 Å². The van der Waals surface area contributed by atoms with Crippen LogP contribution in [0.5, 0.6) is 0 Å². The van der Waals surface area contributed by atoms with Crippen molar-refractivity contribution in [2.24, 2.45) is 0 Å². The van der Waals surface area contributed by atoms with Crippen molar-refractivity contribution in [3.63, 3.8) is 0 Å². The van der Waals surface area contributed by atoms with Gasteiger partial charge in [-0.3, -0.25) is 9.69 Å². The van der Waals surface area contributed by atoms with Crippen LogP contribution in [0.1, 0.15) is 26.3 Å². The molecule has 1 aromatic rings. The number of nitrogens with zero attached hydrogens (tertiary/aromatic N) is 1. The molecule has 2 nitrogen and oxygen atoms in total. The number of carbonyl (C=O) groups excluding carboxylic acids is 1. The van der Waals surface area contributed by atoms with Crippen molar-refractivity contribution in [1.29, 1.82) is 0 Å². The number of rotatable bonds is 2. The number of benzene rings is 1. The van der Waals surface area contributed by atoms with Crippen molar-refractivity contribution in [3.05, 3.63) is 47.5 Å². The van der Waals surface area contributed by atoms with Crippen molar-refractivity contribution >= 4 is 5.78 Å². The summed E-state index contributed by atoms with van der Waals surface area (Å²) < 4.78 is 0. The van der Waals surface area contributed by atoms with Gasteiger partial charge in [-0.2, -0.15) is 0 Å². The third-order valence-electron chi connectivity index (χ3n) is 2.51. The lowest BCUT2D eigenvalue weighted by atomic mass is 10.1. The van der Waals surface area contributed by atoms with E-state index in [1.807, 2.05) is 39.0 Å². The van der Waals surface area contributed by atoms with Gasteiger partial charge in [0.15, 0.2) is 5.78 Å². The first-order valence-corrected chi connectivity index (χ1v) is 6.20. The molecule has 0 saturated carbocycles. The molecule has 1 aliphatic rings. The molecule has 0 bridgehead atoms. The van der Waals surface area contributed by atoms with E-state index in [0.717, 1.165) is 18.7 Å². The van der Waals surface area contributed by atoms with Crippen molar-refractivity contribution in [2.45, 2.75) is 27.3 Å². The minimum Gasteiger partial charge on any atom is -0.293 e. The molecule has 1 heterocycles. The van der Waals surface area contributed by atoms with E-state index in [9.17, 15) is 4.79 Å². The Labute approximate surface area is 104 Å². The van der Waals surface area contributed by atoms with Crippen molar-refractivity contribution in [1.82, 2.24) is 4.90 Å². The highest BCUT2D eigenvalue weighted by molar-refractivity contribution is 5.92. The minimum atomic E-state index is 0.217. The molecular formula is C15H21NO. The van der Waals surface area contributed by atoms with Crippen LogP contribution in [-0.4, -0.2) is 23.8 Å². The monoisotopic (exact) mass is 231 g/mol. The van der Waals surface area contributed by atoms with E-state index in [0.29, 0.717) is 6.54 Å². The SMILES string of the molecule is CC.CC1=CC(=O)CN(Cc2ccccc2)C1. The second-order valence-corrected chi connectivity index (χ2v) is 4.09. The minimum absolute atomic E-state index is 0.217. The molecule has 1 aromatic carbocycles. The third-order valence-corrected chi connectivity index (χ3v) is 2.51. The molecule has 0 N–H and O–H groups in total. The van der Waals surface area contributed by atoms with Crippen molar-refractivity contribution in [3.8, 4) is 0 Å². The van der Waals surface area contributed by atoms with Gasteiger partial charge in [0.1, 0.15) is 0 Å². The molecule has 0 fully saturated rings. The molecule has 17 heavy (non-hydrogen) atoms. The Morgan fingerprint density at radius 3 is 2.35 bits per heavy atom. The number of hydrogen-bond donors (Lipinski definition) is 0. The van der Waals surface area contributed by atoms with Gasteiger partial charge >= 0.3 is 0 Å². The lowest BCUT2D eigenvalue weighted by Gasteiger charge is -2.24. The molecule has 0 radical (unpaired) electrons. The Hall–Kier alpha value is -1.41. The summed E-state index contributed by atoms with van der Waals surface area (Å²) in [5, 5.41) is 0. The smallest absolute Gasteiger partial charge is 0.169 e. The Kier molecular flexibility index (Phi) is 5.64. The molecule has 0 unspecified atom stereocenters. The maximum atomic E-state index is 11.4. The fourth-order valence-corrected chi connectivity index (χ4v) is 1.95. The summed E-state index contributed by atoms with van der Waals surface area (Å²) in [6.45, 7) is 8.32. The molecule has 0 amide bonds. The Morgan fingerprint density at radius 2 is 1.76 bits per heavy atom. The zero-order chi connectivity index (χ0) is 12.7. The van der Waals surface area contributed by atoms with E-state index in [2.05, 4.69) is 17.0 Å². The lowest BCUT2D eigenvalue weighted by molar-refractivity contribution is -0.116. The largest absolute Gasteiger partial charge is 0.293 e. The first-order valence-electron chi connectivity index (χ1n) is 6.20. The summed E-state index contributed by atoms with van der Waals surface area (Å²) in [6, 6.07) is 10.3. The quantitative estimate of drug-likeness (QED) is 0.779.